The van der Waals surface area contributed by atoms with E-state index in [9.17, 15) is 14.7 Å². The Hall–Kier alpha value is -5.06. The van der Waals surface area contributed by atoms with E-state index in [4.69, 9.17) is 27.9 Å². The third kappa shape index (κ3) is 11.3. The Bertz CT molecular complexity index is 2290. The first-order valence-corrected chi connectivity index (χ1v) is 20.1. The molecule has 0 spiro atoms. The minimum atomic E-state index is -0.400. The van der Waals surface area contributed by atoms with Gasteiger partial charge in [-0.1, -0.05) is 23.2 Å². The number of carbonyl (C=O) groups is 2. The molecule has 13 nitrogen and oxygen atoms in total. The van der Waals surface area contributed by atoms with Crippen LogP contribution in [0.4, 0.5) is 32.3 Å². The van der Waals surface area contributed by atoms with Crippen LogP contribution >= 0.6 is 55.1 Å². The molecule has 0 bridgehead atoms. The number of nitrogens with zero attached hydrogens (tertiary/aromatic N) is 5. The number of amides is 4. The number of nitrogens with one attached hydrogen (secondary N) is 4. The number of likely N-dealkylation sites (tertiary alicyclic amines) is 1. The summed E-state index contributed by atoms with van der Waals surface area (Å²) in [6.45, 7) is 3.77. The van der Waals surface area contributed by atoms with Gasteiger partial charge in [-0.05, 0) is 143 Å². The Labute approximate surface area is 356 Å². The Morgan fingerprint density at radius 2 is 1.12 bits per heavy atom. The number of benzene rings is 4. The highest BCUT2D eigenvalue weighted by atomic mass is 79.9. The van der Waals surface area contributed by atoms with Crippen LogP contribution in [0.25, 0.3) is 22.5 Å². The van der Waals surface area contributed by atoms with E-state index < -0.39 is 6.03 Å². The van der Waals surface area contributed by atoms with E-state index in [1.165, 1.54) is 18.9 Å². The molecule has 1 fully saturated rings. The predicted molar refractivity (Wildman–Crippen MR) is 234 cm³/mol. The van der Waals surface area contributed by atoms with Crippen LogP contribution in [-0.4, -0.2) is 67.9 Å². The first-order valence-electron chi connectivity index (χ1n) is 17.8. The van der Waals surface area contributed by atoms with Gasteiger partial charge in [-0.2, -0.15) is 10.2 Å². The van der Waals surface area contributed by atoms with Crippen molar-refractivity contribution in [2.24, 2.45) is 14.1 Å². The first-order chi connectivity index (χ1) is 27.4. The standard InChI is InChI=1S/C23H25BrClN5O2.C17H14BrClN4O2/c1-29-22(20(24)15-26-29)19-14-18(28-23(31)27-17-6-4-16(25)5-7-17)8-9-21(19)32-13-12-30-10-2-3-11-30;1-23-16(14(18)9-20-23)13-8-12(6-7-15(13)24)22-17(25)21-11-4-2-10(19)3-5-11/h4-9,14-15H,2-3,10-13H2,1H3,(H2,27,28,31);2-9,24H,1H3,(H2,21,22,25). The number of ether oxygens (including phenoxy) is 1. The van der Waals surface area contributed by atoms with Gasteiger partial charge in [0.25, 0.3) is 0 Å². The Balaban J connectivity index is 0.000000199. The minimum Gasteiger partial charge on any atom is -0.507 e. The molecule has 2 aromatic heterocycles. The third-order valence-corrected chi connectivity index (χ3v) is 10.5. The number of anilines is 4. The average molecular weight is 941 g/mol. The van der Waals surface area contributed by atoms with Crippen LogP contribution in [0.3, 0.4) is 0 Å². The van der Waals surface area contributed by atoms with Crippen LogP contribution in [0.5, 0.6) is 11.5 Å². The summed E-state index contributed by atoms with van der Waals surface area (Å²) < 4.78 is 11.2. The van der Waals surface area contributed by atoms with Crippen molar-refractivity contribution in [1.29, 1.82) is 0 Å². The molecule has 0 aliphatic carbocycles. The number of hydrogen-bond donors (Lipinski definition) is 5. The molecule has 4 amide bonds. The second-order valence-corrected chi connectivity index (χ2v) is 15.5. The summed E-state index contributed by atoms with van der Waals surface area (Å²) in [5.74, 6) is 0.838. The molecule has 3 heterocycles. The molecule has 1 aliphatic rings. The summed E-state index contributed by atoms with van der Waals surface area (Å²) in [6.07, 6.45) is 5.90. The lowest BCUT2D eigenvalue weighted by molar-refractivity contribution is 0.238. The van der Waals surface area contributed by atoms with Crippen molar-refractivity contribution in [1.82, 2.24) is 24.5 Å². The Morgan fingerprint density at radius 1 is 0.684 bits per heavy atom. The summed E-state index contributed by atoms with van der Waals surface area (Å²) >= 11 is 18.7. The molecule has 1 saturated heterocycles. The lowest BCUT2D eigenvalue weighted by Crippen LogP contribution is -2.25. The van der Waals surface area contributed by atoms with E-state index in [1.54, 1.807) is 89.5 Å². The molecular weight excluding hydrogens is 901 g/mol. The van der Waals surface area contributed by atoms with Gasteiger partial charge in [0.1, 0.15) is 18.1 Å². The lowest BCUT2D eigenvalue weighted by Gasteiger charge is -2.18. The van der Waals surface area contributed by atoms with Crippen molar-refractivity contribution in [2.75, 3.05) is 47.5 Å². The predicted octanol–water partition coefficient (Wildman–Crippen LogP) is 10.5. The molecule has 0 radical (unpaired) electrons. The van der Waals surface area contributed by atoms with E-state index in [-0.39, 0.29) is 11.8 Å². The van der Waals surface area contributed by atoms with Crippen molar-refractivity contribution in [3.63, 3.8) is 0 Å². The quantitative estimate of drug-likeness (QED) is 0.0858. The zero-order valence-electron chi connectivity index (χ0n) is 30.9. The van der Waals surface area contributed by atoms with Gasteiger partial charge in [-0.15, -0.1) is 0 Å². The maximum atomic E-state index is 12.5. The Morgan fingerprint density at radius 3 is 1.61 bits per heavy atom. The molecule has 1 aliphatic heterocycles. The van der Waals surface area contributed by atoms with Crippen molar-refractivity contribution in [3.05, 3.63) is 116 Å². The number of aromatic hydroxyl groups is 1. The molecular formula is C40H39Br2Cl2N9O4. The van der Waals surface area contributed by atoms with Crippen LogP contribution in [-0.2, 0) is 14.1 Å². The van der Waals surface area contributed by atoms with E-state index in [0.29, 0.717) is 50.7 Å². The number of carbonyl (C=O) groups excluding carboxylic acids is 2. The topological polar surface area (TPSA) is 151 Å². The van der Waals surface area contributed by atoms with E-state index >= 15 is 0 Å². The van der Waals surface area contributed by atoms with Crippen LogP contribution in [0, 0.1) is 0 Å². The van der Waals surface area contributed by atoms with Gasteiger partial charge in [0.15, 0.2) is 0 Å². The van der Waals surface area contributed by atoms with Crippen LogP contribution in [0.2, 0.25) is 10.0 Å². The third-order valence-electron chi connectivity index (χ3n) is 8.86. The van der Waals surface area contributed by atoms with Crippen LogP contribution < -0.4 is 26.0 Å². The van der Waals surface area contributed by atoms with Crippen molar-refractivity contribution < 1.29 is 19.4 Å². The van der Waals surface area contributed by atoms with E-state index in [1.807, 2.05) is 25.2 Å². The maximum Gasteiger partial charge on any atom is 0.323 e. The van der Waals surface area contributed by atoms with Crippen molar-refractivity contribution in [3.8, 4) is 34.0 Å². The van der Waals surface area contributed by atoms with E-state index in [2.05, 4.69) is 68.2 Å². The molecule has 17 heteroatoms. The maximum absolute atomic E-state index is 12.5. The number of rotatable bonds is 10. The number of hydrogen-bond acceptors (Lipinski definition) is 7. The fourth-order valence-electron chi connectivity index (χ4n) is 6.09. The van der Waals surface area contributed by atoms with Gasteiger partial charge in [0.05, 0.1) is 32.7 Å². The summed E-state index contributed by atoms with van der Waals surface area (Å²) in [4.78, 5) is 27.0. The molecule has 7 rings (SSSR count). The Kier molecular flexibility index (Phi) is 14.1. The molecule has 0 saturated carbocycles. The van der Waals surface area contributed by atoms with E-state index in [0.717, 1.165) is 45.6 Å². The number of urea groups is 2. The van der Waals surface area contributed by atoms with Gasteiger partial charge in [-0.25, -0.2) is 9.59 Å². The smallest absolute Gasteiger partial charge is 0.323 e. The van der Waals surface area contributed by atoms with Gasteiger partial charge < -0.3 is 31.1 Å². The zero-order valence-corrected chi connectivity index (χ0v) is 35.6. The minimum absolute atomic E-state index is 0.0907. The SMILES string of the molecule is Cn1ncc(Br)c1-c1cc(NC(=O)Nc2ccc(Cl)cc2)ccc1O.Cn1ncc(Br)c1-c1cc(NC(=O)Nc2ccc(Cl)cc2)ccc1OCCN1CCCC1. The fraction of sp³-hybridized carbons (Fsp3) is 0.200. The molecule has 296 valence electrons. The molecule has 6 aromatic rings. The van der Waals surface area contributed by atoms with Crippen LogP contribution in [0.1, 0.15) is 12.8 Å². The van der Waals surface area contributed by atoms with Crippen LogP contribution in [0.15, 0.2) is 106 Å². The van der Waals surface area contributed by atoms with Gasteiger partial charge in [0.2, 0.25) is 0 Å². The fourth-order valence-corrected chi connectivity index (χ4v) is 7.47. The highest BCUT2D eigenvalue weighted by Gasteiger charge is 2.18. The number of aromatic nitrogens is 4. The summed E-state index contributed by atoms with van der Waals surface area (Å²) in [6, 6.07) is 23.4. The lowest BCUT2D eigenvalue weighted by atomic mass is 10.1. The average Bonchev–Trinajstić information content (AvgIpc) is 3.92. The molecule has 5 N–H and O–H groups in total. The zero-order chi connectivity index (χ0) is 40.5. The molecule has 0 atom stereocenters. The number of halogens is 4. The molecule has 0 unspecified atom stereocenters. The highest BCUT2D eigenvalue weighted by molar-refractivity contribution is 9.11. The number of phenolic OH excluding ortho intramolecular Hbond substituents is 1. The summed E-state index contributed by atoms with van der Waals surface area (Å²) in [7, 11) is 3.65. The number of phenols is 1. The van der Waals surface area contributed by atoms with Gasteiger partial charge in [0, 0.05) is 64.6 Å². The molecule has 4 aromatic carbocycles. The normalized spacial score (nSPS) is 12.4. The van der Waals surface area contributed by atoms with Gasteiger partial charge in [-0.3, -0.25) is 14.3 Å². The molecule has 57 heavy (non-hydrogen) atoms. The monoisotopic (exact) mass is 937 g/mol. The summed E-state index contributed by atoms with van der Waals surface area (Å²) in [5.41, 5.74) is 5.44. The van der Waals surface area contributed by atoms with Crippen molar-refractivity contribution in [2.45, 2.75) is 12.8 Å². The second-order valence-electron chi connectivity index (χ2n) is 12.9. The number of aryl methyl sites for hydroxylation is 2. The van der Waals surface area contributed by atoms with Crippen molar-refractivity contribution >= 4 is 89.9 Å². The summed E-state index contributed by atoms with van der Waals surface area (Å²) in [5, 5.41) is 30.9. The van der Waals surface area contributed by atoms with Gasteiger partial charge >= 0.3 is 12.1 Å². The first kappa shape index (κ1) is 41.6. The second kappa shape index (κ2) is 19.4. The largest absolute Gasteiger partial charge is 0.507 e. The highest BCUT2D eigenvalue weighted by Crippen LogP contribution is 2.38.